The number of rotatable bonds is 7. The molecule has 1 amide bonds. The zero-order valence-electron chi connectivity index (χ0n) is 13.4. The number of carbonyl (C=O) groups excluding carboxylic acids is 1. The number of ether oxygens (including phenoxy) is 2. The van der Waals surface area contributed by atoms with Crippen molar-refractivity contribution in [3.05, 3.63) is 30.2 Å². The Kier molecular flexibility index (Phi) is 5.71. The lowest BCUT2D eigenvalue weighted by atomic mass is 10.2. The van der Waals surface area contributed by atoms with Gasteiger partial charge in [0.15, 0.2) is 0 Å². The minimum absolute atomic E-state index is 0.109. The first-order chi connectivity index (χ1) is 11.7. The van der Waals surface area contributed by atoms with Gasteiger partial charge in [0.1, 0.15) is 11.9 Å². The maximum Gasteiger partial charge on any atom is 0.322 e. The number of nitrogens with zero attached hydrogens (tertiary/aromatic N) is 2. The summed E-state index contributed by atoms with van der Waals surface area (Å²) < 4.78 is 16.3. The third kappa shape index (κ3) is 4.48. The topological polar surface area (TPSA) is 86.5 Å². The Morgan fingerprint density at radius 3 is 2.92 bits per heavy atom. The highest BCUT2D eigenvalue weighted by atomic mass is 32.2. The number of aromatic nitrogens is 2. The van der Waals surface area contributed by atoms with Crippen LogP contribution in [0.15, 0.2) is 33.6 Å². The van der Waals surface area contributed by atoms with Crippen LogP contribution < -0.4 is 10.1 Å². The lowest BCUT2D eigenvalue weighted by molar-refractivity contribution is -0.113. The third-order valence-electron chi connectivity index (χ3n) is 3.40. The minimum atomic E-state index is -0.198. The molecule has 1 N–H and O–H groups in total. The van der Waals surface area contributed by atoms with Crippen LogP contribution >= 0.6 is 11.8 Å². The Morgan fingerprint density at radius 1 is 1.38 bits per heavy atom. The Balaban J connectivity index is 1.47. The molecule has 1 aliphatic rings. The number of hydrogen-bond donors (Lipinski definition) is 1. The van der Waals surface area contributed by atoms with E-state index in [1.807, 2.05) is 31.2 Å². The molecule has 1 saturated heterocycles. The van der Waals surface area contributed by atoms with E-state index in [9.17, 15) is 4.79 Å². The van der Waals surface area contributed by atoms with Crippen LogP contribution in [0.3, 0.4) is 0 Å². The SMILES string of the molecule is CCOc1ccc(SCC(=O)Nc2nnc(C3CCCO3)o2)cc1. The van der Waals surface area contributed by atoms with Gasteiger partial charge in [-0.3, -0.25) is 10.1 Å². The van der Waals surface area contributed by atoms with Crippen molar-refractivity contribution >= 4 is 23.7 Å². The van der Waals surface area contributed by atoms with Crippen LogP contribution in [0.5, 0.6) is 5.75 Å². The van der Waals surface area contributed by atoms with E-state index in [0.29, 0.717) is 19.1 Å². The molecule has 24 heavy (non-hydrogen) atoms. The van der Waals surface area contributed by atoms with Gasteiger partial charge in [-0.05, 0) is 44.0 Å². The molecule has 1 fully saturated rings. The number of anilines is 1. The van der Waals surface area contributed by atoms with E-state index in [0.717, 1.165) is 23.5 Å². The predicted octanol–water partition coefficient (Wildman–Crippen LogP) is 3.05. The number of nitrogens with one attached hydrogen (secondary N) is 1. The average molecular weight is 349 g/mol. The number of thioether (sulfide) groups is 1. The van der Waals surface area contributed by atoms with Crippen LogP contribution in [0, 0.1) is 0 Å². The molecule has 2 heterocycles. The maximum absolute atomic E-state index is 12.0. The highest BCUT2D eigenvalue weighted by molar-refractivity contribution is 8.00. The van der Waals surface area contributed by atoms with Crippen LogP contribution in [-0.4, -0.2) is 35.1 Å². The zero-order chi connectivity index (χ0) is 16.8. The van der Waals surface area contributed by atoms with Gasteiger partial charge in [0.25, 0.3) is 0 Å². The summed E-state index contributed by atoms with van der Waals surface area (Å²) in [6.07, 6.45) is 1.69. The van der Waals surface area contributed by atoms with Gasteiger partial charge in [0.05, 0.1) is 12.4 Å². The van der Waals surface area contributed by atoms with Gasteiger partial charge in [-0.2, -0.15) is 0 Å². The lowest BCUT2D eigenvalue weighted by Crippen LogP contribution is -2.14. The minimum Gasteiger partial charge on any atom is -0.494 e. The highest BCUT2D eigenvalue weighted by Gasteiger charge is 2.24. The fourth-order valence-electron chi connectivity index (χ4n) is 2.29. The number of benzene rings is 1. The standard InChI is InChI=1S/C16H19N3O4S/c1-2-21-11-5-7-12(8-6-11)24-10-14(20)17-16-19-18-15(23-16)13-4-3-9-22-13/h5-8,13H,2-4,9-10H2,1H3,(H,17,19,20). The Morgan fingerprint density at radius 2 is 2.21 bits per heavy atom. The summed E-state index contributed by atoms with van der Waals surface area (Å²) in [5.74, 6) is 1.29. The third-order valence-corrected chi connectivity index (χ3v) is 4.41. The molecular formula is C16H19N3O4S. The Labute approximate surface area is 144 Å². The predicted molar refractivity (Wildman–Crippen MR) is 89.2 cm³/mol. The van der Waals surface area contributed by atoms with E-state index in [1.165, 1.54) is 11.8 Å². The Hall–Kier alpha value is -2.06. The van der Waals surface area contributed by atoms with Gasteiger partial charge in [-0.25, -0.2) is 0 Å². The van der Waals surface area contributed by atoms with Crippen LogP contribution in [-0.2, 0) is 9.53 Å². The summed E-state index contributed by atoms with van der Waals surface area (Å²) in [6.45, 7) is 3.27. The second-order valence-electron chi connectivity index (χ2n) is 5.19. The van der Waals surface area contributed by atoms with Gasteiger partial charge >= 0.3 is 6.01 Å². The normalized spacial score (nSPS) is 17.0. The molecule has 0 bridgehead atoms. The lowest BCUT2D eigenvalue weighted by Gasteiger charge is -2.05. The second kappa shape index (κ2) is 8.16. The van der Waals surface area contributed by atoms with Crippen molar-refractivity contribution in [3.63, 3.8) is 0 Å². The smallest absolute Gasteiger partial charge is 0.322 e. The zero-order valence-corrected chi connectivity index (χ0v) is 14.2. The fourth-order valence-corrected chi connectivity index (χ4v) is 2.99. The van der Waals surface area contributed by atoms with Crippen LogP contribution in [0.1, 0.15) is 31.8 Å². The summed E-state index contributed by atoms with van der Waals surface area (Å²) in [4.78, 5) is 13.0. The molecule has 0 spiro atoms. The molecule has 1 unspecified atom stereocenters. The molecule has 8 heteroatoms. The van der Waals surface area contributed by atoms with Crippen LogP contribution in [0.2, 0.25) is 0 Å². The quantitative estimate of drug-likeness (QED) is 0.769. The van der Waals surface area contributed by atoms with Crippen molar-refractivity contribution < 1.29 is 18.7 Å². The summed E-state index contributed by atoms with van der Waals surface area (Å²) >= 11 is 1.42. The molecule has 3 rings (SSSR count). The van der Waals surface area contributed by atoms with Gasteiger partial charge in [-0.15, -0.1) is 16.9 Å². The van der Waals surface area contributed by atoms with Crippen molar-refractivity contribution in [1.29, 1.82) is 0 Å². The summed E-state index contributed by atoms with van der Waals surface area (Å²) in [5.41, 5.74) is 0. The summed E-state index contributed by atoms with van der Waals surface area (Å²) in [6, 6.07) is 7.72. The van der Waals surface area contributed by atoms with Gasteiger partial charge < -0.3 is 13.9 Å². The molecule has 1 aromatic carbocycles. The van der Waals surface area contributed by atoms with Crippen molar-refractivity contribution in [2.24, 2.45) is 0 Å². The van der Waals surface area contributed by atoms with E-state index >= 15 is 0 Å². The molecule has 7 nitrogen and oxygen atoms in total. The number of amides is 1. The van der Waals surface area contributed by atoms with E-state index in [-0.39, 0.29) is 23.8 Å². The fraction of sp³-hybridized carbons (Fsp3) is 0.438. The van der Waals surface area contributed by atoms with E-state index < -0.39 is 0 Å². The van der Waals surface area contributed by atoms with E-state index in [2.05, 4.69) is 15.5 Å². The van der Waals surface area contributed by atoms with Crippen molar-refractivity contribution in [2.45, 2.75) is 30.8 Å². The Bertz CT molecular complexity index is 668. The highest BCUT2D eigenvalue weighted by Crippen LogP contribution is 2.28. The average Bonchev–Trinajstić information content (AvgIpc) is 3.26. The molecule has 1 aliphatic heterocycles. The molecule has 0 saturated carbocycles. The molecule has 0 radical (unpaired) electrons. The molecule has 0 aliphatic carbocycles. The van der Waals surface area contributed by atoms with Gasteiger partial charge in [-0.1, -0.05) is 5.10 Å². The van der Waals surface area contributed by atoms with Gasteiger partial charge in [0.2, 0.25) is 11.8 Å². The largest absolute Gasteiger partial charge is 0.494 e. The van der Waals surface area contributed by atoms with Crippen molar-refractivity contribution in [1.82, 2.24) is 10.2 Å². The molecule has 1 atom stereocenters. The molecular weight excluding hydrogens is 330 g/mol. The maximum atomic E-state index is 12.0. The molecule has 2 aromatic rings. The first-order valence-corrected chi connectivity index (χ1v) is 8.83. The molecule has 1 aromatic heterocycles. The molecule has 128 valence electrons. The monoisotopic (exact) mass is 349 g/mol. The number of hydrogen-bond acceptors (Lipinski definition) is 7. The van der Waals surface area contributed by atoms with Crippen molar-refractivity contribution in [3.8, 4) is 5.75 Å². The van der Waals surface area contributed by atoms with E-state index in [4.69, 9.17) is 13.9 Å². The van der Waals surface area contributed by atoms with Crippen molar-refractivity contribution in [2.75, 3.05) is 24.3 Å². The first-order valence-electron chi connectivity index (χ1n) is 7.85. The van der Waals surface area contributed by atoms with Gasteiger partial charge in [0, 0.05) is 11.5 Å². The number of carbonyl (C=O) groups is 1. The van der Waals surface area contributed by atoms with E-state index in [1.54, 1.807) is 0 Å². The first kappa shape index (κ1) is 16.8. The second-order valence-corrected chi connectivity index (χ2v) is 6.24. The summed E-state index contributed by atoms with van der Waals surface area (Å²) in [7, 11) is 0. The van der Waals surface area contributed by atoms with Crippen LogP contribution in [0.25, 0.3) is 0 Å². The summed E-state index contributed by atoms with van der Waals surface area (Å²) in [5, 5.41) is 10.4. The van der Waals surface area contributed by atoms with Crippen LogP contribution in [0.4, 0.5) is 6.01 Å².